The lowest BCUT2D eigenvalue weighted by molar-refractivity contribution is 0.0900. The van der Waals surface area contributed by atoms with Crippen LogP contribution in [0, 0.1) is 5.92 Å². The van der Waals surface area contributed by atoms with Crippen molar-refractivity contribution in [2.24, 2.45) is 5.92 Å². The highest BCUT2D eigenvalue weighted by Gasteiger charge is 2.15. The molecule has 0 saturated carbocycles. The van der Waals surface area contributed by atoms with E-state index < -0.39 is 6.10 Å². The zero-order chi connectivity index (χ0) is 13.8. The molecule has 104 valence electrons. The minimum absolute atomic E-state index is 0.141. The molecule has 1 heterocycles. The van der Waals surface area contributed by atoms with Crippen LogP contribution in [0.1, 0.15) is 41.8 Å². The van der Waals surface area contributed by atoms with Gasteiger partial charge in [-0.3, -0.25) is 4.79 Å². The number of aliphatic hydroxyl groups is 1. The second-order valence-corrected chi connectivity index (χ2v) is 5.47. The molecule has 4 nitrogen and oxygen atoms in total. The third kappa shape index (κ3) is 3.78. The Morgan fingerprint density at radius 1 is 1.37 bits per heavy atom. The van der Waals surface area contributed by atoms with E-state index >= 15 is 0 Å². The lowest BCUT2D eigenvalue weighted by Gasteiger charge is -2.14. The Kier molecular flexibility index (Phi) is 4.56. The van der Waals surface area contributed by atoms with E-state index in [1.165, 1.54) is 0 Å². The Morgan fingerprint density at radius 3 is 2.84 bits per heavy atom. The molecule has 0 radical (unpaired) electrons. The molecule has 1 aliphatic heterocycles. The molecular formula is C15H21NO3. The molecule has 0 spiro atoms. The van der Waals surface area contributed by atoms with Gasteiger partial charge in [0, 0.05) is 12.1 Å². The summed E-state index contributed by atoms with van der Waals surface area (Å²) in [4.78, 5) is 12.0. The summed E-state index contributed by atoms with van der Waals surface area (Å²) in [6, 6.07) is 5.60. The first kappa shape index (κ1) is 14.0. The number of hydrogen-bond donors (Lipinski definition) is 2. The number of benzene rings is 1. The van der Waals surface area contributed by atoms with E-state index in [9.17, 15) is 9.90 Å². The van der Waals surface area contributed by atoms with Gasteiger partial charge < -0.3 is 15.2 Å². The van der Waals surface area contributed by atoms with E-state index in [0.29, 0.717) is 37.7 Å². The van der Waals surface area contributed by atoms with Crippen molar-refractivity contribution in [3.05, 3.63) is 34.9 Å². The van der Waals surface area contributed by atoms with Crippen LogP contribution in [0.5, 0.6) is 0 Å². The van der Waals surface area contributed by atoms with Crippen LogP contribution in [0.25, 0.3) is 0 Å². The van der Waals surface area contributed by atoms with Crippen LogP contribution >= 0.6 is 0 Å². The predicted octanol–water partition coefficient (Wildman–Crippen LogP) is 1.85. The largest absolute Gasteiger partial charge is 0.391 e. The molecule has 0 bridgehead atoms. The second kappa shape index (κ2) is 6.17. The van der Waals surface area contributed by atoms with Crippen molar-refractivity contribution in [2.45, 2.75) is 39.6 Å². The van der Waals surface area contributed by atoms with E-state index in [1.54, 1.807) is 6.07 Å². The van der Waals surface area contributed by atoms with Gasteiger partial charge in [0.15, 0.2) is 0 Å². The summed E-state index contributed by atoms with van der Waals surface area (Å²) in [5, 5.41) is 12.5. The highest BCUT2D eigenvalue weighted by Crippen LogP contribution is 2.20. The monoisotopic (exact) mass is 263 g/mol. The molecule has 1 atom stereocenters. The average Bonchev–Trinajstić information content (AvgIpc) is 2.82. The van der Waals surface area contributed by atoms with E-state index in [4.69, 9.17) is 4.74 Å². The number of carbonyl (C=O) groups excluding carboxylic acids is 1. The molecule has 1 unspecified atom stereocenters. The van der Waals surface area contributed by atoms with E-state index in [0.717, 1.165) is 11.1 Å². The standard InChI is InChI=1S/C15H21NO3/c1-10(2)5-14(17)7-16-15(18)11-3-4-12-8-19-9-13(12)6-11/h3-4,6,10,14,17H,5,7-9H2,1-2H3,(H,16,18). The van der Waals surface area contributed by atoms with Gasteiger partial charge in [0.25, 0.3) is 5.91 Å². The van der Waals surface area contributed by atoms with Crippen molar-refractivity contribution in [2.75, 3.05) is 6.54 Å². The Bertz CT molecular complexity index is 457. The molecular weight excluding hydrogens is 242 g/mol. The Morgan fingerprint density at radius 2 is 2.11 bits per heavy atom. The van der Waals surface area contributed by atoms with Crippen LogP contribution in [0.4, 0.5) is 0 Å². The number of aliphatic hydroxyl groups excluding tert-OH is 1. The van der Waals surface area contributed by atoms with Gasteiger partial charge in [-0.15, -0.1) is 0 Å². The molecule has 1 amide bonds. The molecule has 0 aliphatic carbocycles. The molecule has 1 aliphatic rings. The van der Waals surface area contributed by atoms with Gasteiger partial charge in [0.2, 0.25) is 0 Å². The molecule has 19 heavy (non-hydrogen) atoms. The summed E-state index contributed by atoms with van der Waals surface area (Å²) in [5.41, 5.74) is 2.85. The zero-order valence-electron chi connectivity index (χ0n) is 11.5. The van der Waals surface area contributed by atoms with Crippen molar-refractivity contribution in [3.63, 3.8) is 0 Å². The number of carbonyl (C=O) groups is 1. The first-order valence-electron chi connectivity index (χ1n) is 6.72. The molecule has 1 aromatic carbocycles. The van der Waals surface area contributed by atoms with Crippen LogP contribution in [0.2, 0.25) is 0 Å². The summed E-state index contributed by atoms with van der Waals surface area (Å²) in [5.74, 6) is 0.279. The Hall–Kier alpha value is -1.39. The SMILES string of the molecule is CC(C)CC(O)CNC(=O)c1ccc2c(c1)COC2. The molecule has 2 N–H and O–H groups in total. The van der Waals surface area contributed by atoms with Gasteiger partial charge in [0.1, 0.15) is 0 Å². The van der Waals surface area contributed by atoms with Gasteiger partial charge in [0.05, 0.1) is 19.3 Å². The summed E-state index contributed by atoms with van der Waals surface area (Å²) in [7, 11) is 0. The van der Waals surface area contributed by atoms with Gasteiger partial charge >= 0.3 is 0 Å². The maximum atomic E-state index is 12.0. The highest BCUT2D eigenvalue weighted by molar-refractivity contribution is 5.94. The van der Waals surface area contributed by atoms with E-state index in [2.05, 4.69) is 5.32 Å². The van der Waals surface area contributed by atoms with Gasteiger partial charge in [-0.2, -0.15) is 0 Å². The molecule has 4 heteroatoms. The number of amides is 1. The molecule has 0 saturated heterocycles. The molecule has 0 aromatic heterocycles. The van der Waals surface area contributed by atoms with Crippen LogP contribution in [-0.2, 0) is 18.0 Å². The smallest absolute Gasteiger partial charge is 0.251 e. The van der Waals surface area contributed by atoms with Crippen molar-refractivity contribution in [1.29, 1.82) is 0 Å². The van der Waals surface area contributed by atoms with Gasteiger partial charge in [-0.1, -0.05) is 19.9 Å². The molecule has 0 fully saturated rings. The quantitative estimate of drug-likeness (QED) is 0.852. The minimum Gasteiger partial charge on any atom is -0.391 e. The van der Waals surface area contributed by atoms with Crippen molar-refractivity contribution < 1.29 is 14.6 Å². The minimum atomic E-state index is -0.485. The highest BCUT2D eigenvalue weighted by atomic mass is 16.5. The predicted molar refractivity (Wildman–Crippen MR) is 72.7 cm³/mol. The summed E-state index contributed by atoms with van der Waals surface area (Å²) in [6.07, 6.45) is 0.208. The molecule has 1 aromatic rings. The normalized spacial score (nSPS) is 15.4. The number of nitrogens with one attached hydrogen (secondary N) is 1. The third-order valence-corrected chi connectivity index (χ3v) is 3.23. The van der Waals surface area contributed by atoms with Crippen molar-refractivity contribution in [3.8, 4) is 0 Å². The number of hydrogen-bond acceptors (Lipinski definition) is 3. The van der Waals surface area contributed by atoms with Gasteiger partial charge in [-0.05, 0) is 35.6 Å². The lowest BCUT2D eigenvalue weighted by atomic mass is 10.0. The number of rotatable bonds is 5. The maximum Gasteiger partial charge on any atom is 0.251 e. The average molecular weight is 263 g/mol. The summed E-state index contributed by atoms with van der Waals surface area (Å²) < 4.78 is 5.32. The third-order valence-electron chi connectivity index (χ3n) is 3.23. The Labute approximate surface area is 113 Å². The number of ether oxygens (including phenoxy) is 1. The maximum absolute atomic E-state index is 12.0. The van der Waals surface area contributed by atoms with Crippen LogP contribution in [-0.4, -0.2) is 23.7 Å². The zero-order valence-corrected chi connectivity index (χ0v) is 11.5. The van der Waals surface area contributed by atoms with E-state index in [-0.39, 0.29) is 5.91 Å². The lowest BCUT2D eigenvalue weighted by Crippen LogP contribution is -2.32. The summed E-state index contributed by atoms with van der Waals surface area (Å²) in [6.45, 7) is 5.60. The fourth-order valence-electron chi connectivity index (χ4n) is 2.25. The topological polar surface area (TPSA) is 58.6 Å². The van der Waals surface area contributed by atoms with E-state index in [1.807, 2.05) is 26.0 Å². The van der Waals surface area contributed by atoms with Crippen LogP contribution in [0.3, 0.4) is 0 Å². The summed E-state index contributed by atoms with van der Waals surface area (Å²) >= 11 is 0. The van der Waals surface area contributed by atoms with Crippen molar-refractivity contribution >= 4 is 5.91 Å². The fourth-order valence-corrected chi connectivity index (χ4v) is 2.25. The first-order chi connectivity index (χ1) is 9.06. The molecule has 2 rings (SSSR count). The second-order valence-electron chi connectivity index (χ2n) is 5.47. The Balaban J connectivity index is 1.90. The number of fused-ring (bicyclic) bond motifs is 1. The van der Waals surface area contributed by atoms with Crippen LogP contribution in [0.15, 0.2) is 18.2 Å². The van der Waals surface area contributed by atoms with Gasteiger partial charge in [-0.25, -0.2) is 0 Å². The fraction of sp³-hybridized carbons (Fsp3) is 0.533. The first-order valence-corrected chi connectivity index (χ1v) is 6.72. The van der Waals surface area contributed by atoms with Crippen LogP contribution < -0.4 is 5.32 Å². The van der Waals surface area contributed by atoms with Crippen molar-refractivity contribution in [1.82, 2.24) is 5.32 Å².